The molecule has 4 nitrogen and oxygen atoms in total. The highest BCUT2D eigenvalue weighted by atomic mass is 79.9. The molecule has 0 amide bonds. The summed E-state index contributed by atoms with van der Waals surface area (Å²) in [6.45, 7) is -0.0622. The van der Waals surface area contributed by atoms with E-state index in [1.807, 2.05) is 12.1 Å². The molecule has 0 saturated heterocycles. The summed E-state index contributed by atoms with van der Waals surface area (Å²) in [5, 5.41) is 9.58. The van der Waals surface area contributed by atoms with E-state index in [1.165, 1.54) is 12.1 Å². The molecule has 0 saturated carbocycles. The summed E-state index contributed by atoms with van der Waals surface area (Å²) in [7, 11) is 0. The largest absolute Gasteiger partial charge is 0.488 e. The van der Waals surface area contributed by atoms with Crippen LogP contribution in [0.15, 0.2) is 59.2 Å². The Hall–Kier alpha value is -3.06. The lowest BCUT2D eigenvalue weighted by atomic mass is 9.97. The molecule has 0 fully saturated rings. The number of aromatic nitrogens is 1. The molecule has 1 aliphatic rings. The first-order valence-corrected chi connectivity index (χ1v) is 10.5. The molecule has 0 aliphatic heterocycles. The van der Waals surface area contributed by atoms with Crippen LogP contribution in [-0.4, -0.2) is 16.1 Å². The maximum Gasteiger partial charge on any atom is 0.337 e. The fraction of sp³-hybridized carbons (Fsp3) is 0.167. The topological polar surface area (TPSA) is 59.4 Å². The molecule has 0 radical (unpaired) electrons. The summed E-state index contributed by atoms with van der Waals surface area (Å²) in [4.78, 5) is 16.0. The summed E-state index contributed by atoms with van der Waals surface area (Å²) in [5.41, 5.74) is 3.48. The van der Waals surface area contributed by atoms with Crippen molar-refractivity contribution in [2.24, 2.45) is 0 Å². The van der Waals surface area contributed by atoms with Crippen molar-refractivity contribution in [2.45, 2.75) is 25.9 Å². The van der Waals surface area contributed by atoms with Crippen molar-refractivity contribution in [3.8, 4) is 5.75 Å². The number of pyridine rings is 1. The van der Waals surface area contributed by atoms with Gasteiger partial charge in [0.2, 0.25) is 0 Å². The van der Waals surface area contributed by atoms with Crippen LogP contribution in [0.1, 0.15) is 46.4 Å². The average Bonchev–Trinajstić information content (AvgIpc) is 3.23. The van der Waals surface area contributed by atoms with Gasteiger partial charge in [-0.25, -0.2) is 13.6 Å². The van der Waals surface area contributed by atoms with Crippen LogP contribution in [0.2, 0.25) is 0 Å². The second-order valence-corrected chi connectivity index (χ2v) is 8.10. The minimum Gasteiger partial charge on any atom is -0.488 e. The number of ether oxygens (including phenoxy) is 1. The van der Waals surface area contributed by atoms with E-state index in [0.29, 0.717) is 17.9 Å². The van der Waals surface area contributed by atoms with Crippen LogP contribution >= 0.6 is 15.9 Å². The van der Waals surface area contributed by atoms with Crippen LogP contribution < -0.4 is 4.74 Å². The molecule has 1 aromatic heterocycles. The first kappa shape index (κ1) is 21.2. The average molecular weight is 486 g/mol. The second kappa shape index (κ2) is 8.98. The number of allylic oxidation sites excluding steroid dienone is 2. The first-order chi connectivity index (χ1) is 14.9. The maximum absolute atomic E-state index is 14.0. The predicted molar refractivity (Wildman–Crippen MR) is 117 cm³/mol. The van der Waals surface area contributed by atoms with Crippen LogP contribution in [0.5, 0.6) is 5.75 Å². The molecule has 0 unspecified atom stereocenters. The summed E-state index contributed by atoms with van der Waals surface area (Å²) in [6, 6.07) is 12.0. The van der Waals surface area contributed by atoms with Crippen molar-refractivity contribution < 1.29 is 23.4 Å². The van der Waals surface area contributed by atoms with Gasteiger partial charge in [0.15, 0.2) is 0 Å². The third-order valence-electron chi connectivity index (χ3n) is 5.21. The molecule has 1 heterocycles. The van der Waals surface area contributed by atoms with Crippen molar-refractivity contribution in [1.29, 1.82) is 0 Å². The quantitative estimate of drug-likeness (QED) is 0.433. The fourth-order valence-electron chi connectivity index (χ4n) is 3.78. The molecule has 0 atom stereocenters. The highest BCUT2D eigenvalue weighted by Crippen LogP contribution is 2.44. The number of hydrogen-bond donors (Lipinski definition) is 1. The van der Waals surface area contributed by atoms with E-state index >= 15 is 0 Å². The van der Waals surface area contributed by atoms with Gasteiger partial charge < -0.3 is 9.84 Å². The Kier molecular flexibility index (Phi) is 6.13. The molecule has 0 spiro atoms. The third-order valence-corrected chi connectivity index (χ3v) is 5.70. The molecule has 2 aromatic carbocycles. The molecule has 158 valence electrons. The van der Waals surface area contributed by atoms with Crippen molar-refractivity contribution in [2.75, 3.05) is 0 Å². The van der Waals surface area contributed by atoms with E-state index in [9.17, 15) is 18.7 Å². The number of nitrogens with zero attached hydrogens (tertiary/aromatic N) is 1. The fourth-order valence-corrected chi connectivity index (χ4v) is 4.14. The lowest BCUT2D eigenvalue weighted by Crippen LogP contribution is -2.05. The van der Waals surface area contributed by atoms with Gasteiger partial charge in [0.25, 0.3) is 0 Å². The van der Waals surface area contributed by atoms with Gasteiger partial charge in [-0.1, -0.05) is 15.9 Å². The Morgan fingerprint density at radius 1 is 1.10 bits per heavy atom. The molecule has 1 aliphatic carbocycles. The lowest BCUT2D eigenvalue weighted by Gasteiger charge is -2.16. The third kappa shape index (κ3) is 4.51. The van der Waals surface area contributed by atoms with Crippen LogP contribution in [-0.2, 0) is 6.61 Å². The van der Waals surface area contributed by atoms with Gasteiger partial charge in [-0.2, -0.15) is 0 Å². The van der Waals surface area contributed by atoms with Gasteiger partial charge in [0.1, 0.15) is 24.0 Å². The molecule has 4 rings (SSSR count). The molecule has 31 heavy (non-hydrogen) atoms. The van der Waals surface area contributed by atoms with Gasteiger partial charge in [-0.05, 0) is 72.9 Å². The Labute approximate surface area is 186 Å². The van der Waals surface area contributed by atoms with E-state index in [-0.39, 0.29) is 17.7 Å². The number of halogens is 3. The van der Waals surface area contributed by atoms with Crippen molar-refractivity contribution in [3.63, 3.8) is 0 Å². The zero-order valence-electron chi connectivity index (χ0n) is 16.4. The standard InChI is InChI=1S/C24H18BrF2NO3/c25-15-7-9-22(31-13-14-6-8-16(26)12-21(14)27)20(11-15)17-3-1-4-18(17)23-19(24(29)30)5-2-10-28-23/h2,5-12H,1,3-4,13H2,(H,29,30). The van der Waals surface area contributed by atoms with Gasteiger partial charge in [0, 0.05) is 27.9 Å². The van der Waals surface area contributed by atoms with Crippen LogP contribution in [0, 0.1) is 11.6 Å². The van der Waals surface area contributed by atoms with Crippen LogP contribution in [0.25, 0.3) is 11.1 Å². The Morgan fingerprint density at radius 2 is 1.90 bits per heavy atom. The Balaban J connectivity index is 1.74. The highest BCUT2D eigenvalue weighted by Gasteiger charge is 2.25. The van der Waals surface area contributed by atoms with E-state index in [4.69, 9.17) is 4.74 Å². The van der Waals surface area contributed by atoms with Gasteiger partial charge >= 0.3 is 5.97 Å². The zero-order valence-corrected chi connectivity index (χ0v) is 18.0. The number of aromatic carboxylic acids is 1. The number of carboxylic acids is 1. The number of carbonyl (C=O) groups is 1. The number of rotatable bonds is 6. The summed E-state index contributed by atoms with van der Waals surface area (Å²) < 4.78 is 34.0. The SMILES string of the molecule is O=C(O)c1cccnc1C1=C(c2cc(Br)ccc2OCc2ccc(F)cc2F)CCC1. The number of benzene rings is 2. The van der Waals surface area contributed by atoms with E-state index in [0.717, 1.165) is 40.1 Å². The van der Waals surface area contributed by atoms with Crippen molar-refractivity contribution in [1.82, 2.24) is 4.98 Å². The van der Waals surface area contributed by atoms with Gasteiger partial charge in [-0.3, -0.25) is 4.98 Å². The first-order valence-electron chi connectivity index (χ1n) is 9.71. The summed E-state index contributed by atoms with van der Waals surface area (Å²) in [5.74, 6) is -1.80. The smallest absolute Gasteiger partial charge is 0.337 e. The summed E-state index contributed by atoms with van der Waals surface area (Å²) >= 11 is 3.48. The molecular formula is C24H18BrF2NO3. The molecule has 7 heteroatoms. The zero-order chi connectivity index (χ0) is 22.0. The monoisotopic (exact) mass is 485 g/mol. The normalized spacial score (nSPS) is 13.5. The van der Waals surface area contributed by atoms with Gasteiger partial charge in [0.05, 0.1) is 11.3 Å². The van der Waals surface area contributed by atoms with E-state index in [1.54, 1.807) is 24.4 Å². The van der Waals surface area contributed by atoms with Crippen molar-refractivity contribution >= 4 is 33.0 Å². The lowest BCUT2D eigenvalue weighted by molar-refractivity contribution is 0.0696. The Morgan fingerprint density at radius 3 is 2.68 bits per heavy atom. The number of carboxylic acid groups (broad SMARTS) is 1. The second-order valence-electron chi connectivity index (χ2n) is 7.18. The van der Waals surface area contributed by atoms with E-state index < -0.39 is 17.6 Å². The Bertz CT molecular complexity index is 1190. The molecule has 1 N–H and O–H groups in total. The molecule has 3 aromatic rings. The minimum atomic E-state index is -1.03. The minimum absolute atomic E-state index is 0.0622. The van der Waals surface area contributed by atoms with Crippen molar-refractivity contribution in [3.05, 3.63) is 93.2 Å². The predicted octanol–water partition coefficient (Wildman–Crippen LogP) is 6.49. The highest BCUT2D eigenvalue weighted by molar-refractivity contribution is 9.10. The van der Waals surface area contributed by atoms with Crippen LogP contribution in [0.4, 0.5) is 8.78 Å². The molecule has 0 bridgehead atoms. The number of hydrogen-bond acceptors (Lipinski definition) is 3. The maximum atomic E-state index is 14.0. The van der Waals surface area contributed by atoms with E-state index in [2.05, 4.69) is 20.9 Å². The van der Waals surface area contributed by atoms with Crippen LogP contribution in [0.3, 0.4) is 0 Å². The molecular weight excluding hydrogens is 468 g/mol. The van der Waals surface area contributed by atoms with Gasteiger partial charge in [-0.15, -0.1) is 0 Å². The summed E-state index contributed by atoms with van der Waals surface area (Å²) in [6.07, 6.45) is 3.88.